The molecule has 1 saturated carbocycles. The van der Waals surface area contributed by atoms with Gasteiger partial charge in [-0.2, -0.15) is 0 Å². The van der Waals surface area contributed by atoms with Crippen molar-refractivity contribution in [2.75, 3.05) is 0 Å². The number of aliphatic hydroxyl groups is 1. The van der Waals surface area contributed by atoms with Crippen LogP contribution in [0.4, 0.5) is 0 Å². The minimum Gasteiger partial charge on any atom is -0.481 e. The normalized spacial score (nSPS) is 34.9. The molecule has 0 amide bonds. The summed E-state index contributed by atoms with van der Waals surface area (Å²) in [6, 6.07) is 0. The van der Waals surface area contributed by atoms with E-state index in [4.69, 9.17) is 5.11 Å². The van der Waals surface area contributed by atoms with Gasteiger partial charge in [0.25, 0.3) is 0 Å². The summed E-state index contributed by atoms with van der Waals surface area (Å²) in [5, 5.41) is 18.3. The highest BCUT2D eigenvalue weighted by atomic mass is 16.4. The molecule has 0 aromatic heterocycles. The maximum absolute atomic E-state index is 10.7. The van der Waals surface area contributed by atoms with Crippen LogP contribution >= 0.6 is 0 Å². The molecule has 2 N–H and O–H groups in total. The minimum atomic E-state index is -0.862. The molecule has 0 aromatic carbocycles. The van der Waals surface area contributed by atoms with E-state index in [1.807, 2.05) is 0 Å². The number of carbonyl (C=O) groups is 1. The summed E-state index contributed by atoms with van der Waals surface area (Å²) < 4.78 is 0. The molecular formula is C10H18O3. The molecule has 1 aliphatic carbocycles. The number of hydrogen-bond acceptors (Lipinski definition) is 2. The Bertz CT molecular complexity index is 205. The molecule has 1 rings (SSSR count). The molecule has 0 unspecified atom stereocenters. The van der Waals surface area contributed by atoms with Gasteiger partial charge in [0.2, 0.25) is 0 Å². The van der Waals surface area contributed by atoms with Gasteiger partial charge < -0.3 is 10.2 Å². The van der Waals surface area contributed by atoms with Crippen LogP contribution in [0.1, 0.15) is 33.6 Å². The van der Waals surface area contributed by atoms with Crippen molar-refractivity contribution in [3.8, 4) is 0 Å². The third kappa shape index (κ3) is 2.21. The van der Waals surface area contributed by atoms with Crippen LogP contribution in [0.5, 0.6) is 0 Å². The zero-order valence-corrected chi connectivity index (χ0v) is 8.45. The Hall–Kier alpha value is -0.570. The van der Waals surface area contributed by atoms with Gasteiger partial charge in [0, 0.05) is 0 Å². The second-order valence-electron chi connectivity index (χ2n) is 5.05. The van der Waals surface area contributed by atoms with Gasteiger partial charge in [-0.25, -0.2) is 0 Å². The first-order chi connectivity index (χ1) is 5.82. The minimum absolute atomic E-state index is 0.102. The van der Waals surface area contributed by atoms with E-state index in [-0.39, 0.29) is 5.41 Å². The van der Waals surface area contributed by atoms with Crippen molar-refractivity contribution in [1.82, 2.24) is 0 Å². The van der Waals surface area contributed by atoms with Crippen molar-refractivity contribution >= 4 is 5.97 Å². The second kappa shape index (κ2) is 3.29. The molecule has 3 nitrogen and oxygen atoms in total. The molecule has 1 aliphatic rings. The third-order valence-corrected chi connectivity index (χ3v) is 3.07. The van der Waals surface area contributed by atoms with Crippen molar-refractivity contribution in [1.29, 1.82) is 0 Å². The second-order valence-corrected chi connectivity index (χ2v) is 5.05. The molecule has 13 heavy (non-hydrogen) atoms. The Balaban J connectivity index is 2.65. The number of aliphatic carboxylic acids is 1. The van der Waals surface area contributed by atoms with E-state index in [9.17, 15) is 9.90 Å². The van der Waals surface area contributed by atoms with E-state index in [0.717, 1.165) is 0 Å². The molecule has 0 saturated heterocycles. The fourth-order valence-corrected chi connectivity index (χ4v) is 1.99. The molecule has 0 bridgehead atoms. The van der Waals surface area contributed by atoms with Crippen molar-refractivity contribution in [2.24, 2.45) is 17.3 Å². The van der Waals surface area contributed by atoms with Crippen LogP contribution in [-0.2, 0) is 4.79 Å². The number of carboxylic acids is 1. The van der Waals surface area contributed by atoms with Gasteiger partial charge in [0.15, 0.2) is 0 Å². The quantitative estimate of drug-likeness (QED) is 0.652. The highest BCUT2D eigenvalue weighted by Crippen LogP contribution is 2.42. The molecule has 0 radical (unpaired) electrons. The lowest BCUT2D eigenvalue weighted by atomic mass is 9.79. The van der Waals surface area contributed by atoms with E-state index in [1.54, 1.807) is 0 Å². The maximum Gasteiger partial charge on any atom is 0.309 e. The van der Waals surface area contributed by atoms with Crippen LogP contribution < -0.4 is 0 Å². The zero-order valence-electron chi connectivity index (χ0n) is 8.45. The first kappa shape index (κ1) is 10.5. The Morgan fingerprint density at radius 3 is 2.08 bits per heavy atom. The Morgan fingerprint density at radius 2 is 1.85 bits per heavy atom. The first-order valence-electron chi connectivity index (χ1n) is 4.73. The highest BCUT2D eigenvalue weighted by Gasteiger charge is 2.42. The average Bonchev–Trinajstić information content (AvgIpc) is 2.29. The van der Waals surface area contributed by atoms with Crippen LogP contribution in [0.3, 0.4) is 0 Å². The fourth-order valence-electron chi connectivity index (χ4n) is 1.99. The van der Waals surface area contributed by atoms with Crippen molar-refractivity contribution in [2.45, 2.75) is 39.7 Å². The summed E-state index contributed by atoms with van der Waals surface area (Å²) >= 11 is 0. The summed E-state index contributed by atoms with van der Waals surface area (Å²) in [5.74, 6) is -1.09. The van der Waals surface area contributed by atoms with Crippen LogP contribution in [0.25, 0.3) is 0 Å². The molecule has 3 heteroatoms. The van der Waals surface area contributed by atoms with E-state index in [0.29, 0.717) is 18.8 Å². The molecule has 0 aromatic rings. The summed E-state index contributed by atoms with van der Waals surface area (Å²) in [6.45, 7) is 6.28. The van der Waals surface area contributed by atoms with Gasteiger partial charge in [-0.15, -0.1) is 0 Å². The van der Waals surface area contributed by atoms with Gasteiger partial charge in [0.1, 0.15) is 0 Å². The Morgan fingerprint density at radius 1 is 1.31 bits per heavy atom. The topological polar surface area (TPSA) is 57.5 Å². The van der Waals surface area contributed by atoms with Crippen molar-refractivity contribution in [3.63, 3.8) is 0 Å². The van der Waals surface area contributed by atoms with Gasteiger partial charge in [-0.1, -0.05) is 20.8 Å². The summed E-state index contributed by atoms with van der Waals surface area (Å²) in [4.78, 5) is 10.7. The molecule has 76 valence electrons. The highest BCUT2D eigenvalue weighted by molar-refractivity contribution is 5.71. The predicted molar refractivity (Wildman–Crippen MR) is 49.3 cm³/mol. The number of rotatable bonds is 1. The molecule has 1 fully saturated rings. The standard InChI is InChI=1S/C10H18O3/c1-10(2,3)6-4-7(9(12)13)8(11)5-6/h6-8,11H,4-5H2,1-3H3,(H,12,13)/t6-,7+,8+/m0/s1. The van der Waals surface area contributed by atoms with Gasteiger partial charge >= 0.3 is 5.97 Å². The van der Waals surface area contributed by atoms with Gasteiger partial charge in [0.05, 0.1) is 12.0 Å². The Kier molecular flexibility index (Phi) is 2.66. The largest absolute Gasteiger partial charge is 0.481 e. The first-order valence-corrected chi connectivity index (χ1v) is 4.73. The molecular weight excluding hydrogens is 168 g/mol. The zero-order chi connectivity index (χ0) is 10.2. The van der Waals surface area contributed by atoms with Crippen molar-refractivity contribution in [3.05, 3.63) is 0 Å². The SMILES string of the molecule is CC(C)(C)[C@@H]1C[C@@H](O)[C@H](C(=O)O)C1. The smallest absolute Gasteiger partial charge is 0.309 e. The molecule has 0 spiro atoms. The third-order valence-electron chi connectivity index (χ3n) is 3.07. The van der Waals surface area contributed by atoms with E-state index < -0.39 is 18.0 Å². The predicted octanol–water partition coefficient (Wildman–Crippen LogP) is 1.50. The Labute approximate surface area is 78.8 Å². The lowest BCUT2D eigenvalue weighted by Crippen LogP contribution is -2.21. The summed E-state index contributed by atoms with van der Waals surface area (Å²) in [7, 11) is 0. The average molecular weight is 186 g/mol. The van der Waals surface area contributed by atoms with Crippen LogP contribution in [0.15, 0.2) is 0 Å². The molecule has 0 aliphatic heterocycles. The van der Waals surface area contributed by atoms with Crippen LogP contribution in [0.2, 0.25) is 0 Å². The molecule has 0 heterocycles. The van der Waals surface area contributed by atoms with Crippen LogP contribution in [-0.4, -0.2) is 22.3 Å². The van der Waals surface area contributed by atoms with Crippen molar-refractivity contribution < 1.29 is 15.0 Å². The number of aliphatic hydroxyl groups excluding tert-OH is 1. The van der Waals surface area contributed by atoms with E-state index in [1.165, 1.54) is 0 Å². The van der Waals surface area contributed by atoms with Crippen LogP contribution in [0, 0.1) is 17.3 Å². The van der Waals surface area contributed by atoms with Gasteiger partial charge in [-0.05, 0) is 24.2 Å². The lowest BCUT2D eigenvalue weighted by Gasteiger charge is -2.26. The molecule has 3 atom stereocenters. The summed E-state index contributed by atoms with van der Waals surface area (Å²) in [6.07, 6.45) is 0.585. The van der Waals surface area contributed by atoms with Gasteiger partial charge in [-0.3, -0.25) is 4.79 Å². The number of carboxylic acid groups (broad SMARTS) is 1. The monoisotopic (exact) mass is 186 g/mol. The van der Waals surface area contributed by atoms with E-state index in [2.05, 4.69) is 20.8 Å². The lowest BCUT2D eigenvalue weighted by molar-refractivity contribution is -0.144. The van der Waals surface area contributed by atoms with E-state index >= 15 is 0 Å². The maximum atomic E-state index is 10.7. The number of hydrogen-bond donors (Lipinski definition) is 2. The fraction of sp³-hybridized carbons (Fsp3) is 0.900. The summed E-state index contributed by atoms with van der Waals surface area (Å²) in [5.41, 5.74) is 0.102.